The number of ether oxygens (including phenoxy) is 1. The number of nitriles is 1. The zero-order valence-corrected chi connectivity index (χ0v) is 12.9. The maximum atomic E-state index is 11.9. The number of fused-ring (bicyclic) bond motifs is 1. The van der Waals surface area contributed by atoms with Crippen molar-refractivity contribution in [1.29, 1.82) is 5.26 Å². The molecule has 0 aromatic heterocycles. The Morgan fingerprint density at radius 2 is 2.14 bits per heavy atom. The highest BCUT2D eigenvalue weighted by Gasteiger charge is 2.44. The number of benzene rings is 1. The van der Waals surface area contributed by atoms with Crippen LogP contribution in [0.2, 0.25) is 0 Å². The van der Waals surface area contributed by atoms with Gasteiger partial charge in [0.15, 0.2) is 0 Å². The summed E-state index contributed by atoms with van der Waals surface area (Å²) in [6.45, 7) is 4.89. The molecule has 0 saturated carbocycles. The number of nitrogens with zero attached hydrogens (tertiary/aromatic N) is 1. The van der Waals surface area contributed by atoms with Gasteiger partial charge < -0.3 is 9.84 Å². The third-order valence-corrected chi connectivity index (χ3v) is 4.93. The molecular weight excluding hydrogens is 292 g/mol. The smallest absolute Gasteiger partial charge is 0.211 e. The minimum absolute atomic E-state index is 0.0925. The lowest BCUT2D eigenvalue weighted by atomic mass is 9.86. The van der Waals surface area contributed by atoms with E-state index in [-0.39, 0.29) is 5.75 Å². The standard InChI is InChI=1S/C14H18N2O4S/c1-4-21(18,19)16-12-10-7-9(8-15)5-6-11(10)20-14(2,3)13(12)17/h5-7,12-13,16-17H,4H2,1-3H3/t12-,13+/m1/s1. The van der Waals surface area contributed by atoms with Gasteiger partial charge >= 0.3 is 0 Å². The molecule has 1 aliphatic rings. The topological polar surface area (TPSA) is 99.4 Å². The Labute approximate surface area is 124 Å². The largest absolute Gasteiger partial charge is 0.485 e. The number of aliphatic hydroxyl groups excluding tert-OH is 1. The second kappa shape index (κ2) is 5.30. The summed E-state index contributed by atoms with van der Waals surface area (Å²) in [4.78, 5) is 0. The van der Waals surface area contributed by atoms with Crippen LogP contribution in [0.1, 0.15) is 37.9 Å². The van der Waals surface area contributed by atoms with Gasteiger partial charge in [0.2, 0.25) is 10.0 Å². The highest BCUT2D eigenvalue weighted by molar-refractivity contribution is 7.89. The van der Waals surface area contributed by atoms with Crippen molar-refractivity contribution in [3.8, 4) is 11.8 Å². The molecule has 2 N–H and O–H groups in total. The molecule has 1 aromatic rings. The van der Waals surface area contributed by atoms with E-state index in [1.165, 1.54) is 13.0 Å². The predicted octanol–water partition coefficient (Wildman–Crippen LogP) is 1.07. The highest BCUT2D eigenvalue weighted by atomic mass is 32.2. The van der Waals surface area contributed by atoms with Gasteiger partial charge in [-0.25, -0.2) is 13.1 Å². The third-order valence-electron chi connectivity index (χ3n) is 3.56. The molecule has 114 valence electrons. The van der Waals surface area contributed by atoms with Crippen molar-refractivity contribution >= 4 is 10.0 Å². The van der Waals surface area contributed by atoms with E-state index in [9.17, 15) is 13.5 Å². The lowest BCUT2D eigenvalue weighted by molar-refractivity contribution is -0.0603. The molecule has 21 heavy (non-hydrogen) atoms. The van der Waals surface area contributed by atoms with Crippen molar-refractivity contribution < 1.29 is 18.3 Å². The van der Waals surface area contributed by atoms with Crippen LogP contribution in [0.25, 0.3) is 0 Å². The molecular formula is C14H18N2O4S. The minimum atomic E-state index is -3.51. The lowest BCUT2D eigenvalue weighted by Gasteiger charge is -2.42. The molecule has 7 heteroatoms. The van der Waals surface area contributed by atoms with E-state index in [1.54, 1.807) is 26.0 Å². The Hall–Kier alpha value is -1.62. The van der Waals surface area contributed by atoms with Gasteiger partial charge in [0.25, 0.3) is 0 Å². The Bertz CT molecular complexity index is 691. The van der Waals surface area contributed by atoms with E-state index in [4.69, 9.17) is 10.00 Å². The summed E-state index contributed by atoms with van der Waals surface area (Å²) < 4.78 is 31.9. The molecule has 2 atom stereocenters. The highest BCUT2D eigenvalue weighted by Crippen LogP contribution is 2.40. The fourth-order valence-electron chi connectivity index (χ4n) is 2.27. The first-order valence-corrected chi connectivity index (χ1v) is 8.26. The normalized spacial score (nSPS) is 23.8. The number of rotatable bonds is 3. The predicted molar refractivity (Wildman–Crippen MR) is 77.2 cm³/mol. The van der Waals surface area contributed by atoms with Crippen molar-refractivity contribution in [2.24, 2.45) is 0 Å². The van der Waals surface area contributed by atoms with Gasteiger partial charge in [-0.15, -0.1) is 0 Å². The molecule has 0 fully saturated rings. The van der Waals surface area contributed by atoms with Crippen LogP contribution in [-0.2, 0) is 10.0 Å². The first-order valence-electron chi connectivity index (χ1n) is 6.61. The first kappa shape index (κ1) is 15.8. The van der Waals surface area contributed by atoms with Crippen molar-refractivity contribution in [3.63, 3.8) is 0 Å². The number of hydrogen-bond acceptors (Lipinski definition) is 5. The fraction of sp³-hybridized carbons (Fsp3) is 0.500. The molecule has 0 amide bonds. The first-order chi connectivity index (χ1) is 9.70. The maximum absolute atomic E-state index is 11.9. The van der Waals surface area contributed by atoms with E-state index < -0.39 is 27.8 Å². The number of nitrogens with one attached hydrogen (secondary N) is 1. The molecule has 0 unspecified atom stereocenters. The summed E-state index contributed by atoms with van der Waals surface area (Å²) in [6, 6.07) is 5.90. The quantitative estimate of drug-likeness (QED) is 0.870. The zero-order chi connectivity index (χ0) is 15.8. The lowest BCUT2D eigenvalue weighted by Crippen LogP contribution is -2.53. The van der Waals surface area contributed by atoms with E-state index in [0.29, 0.717) is 16.9 Å². The summed E-state index contributed by atoms with van der Waals surface area (Å²) in [5.74, 6) is 0.373. The molecule has 0 aliphatic carbocycles. The molecule has 1 heterocycles. The Balaban J connectivity index is 2.54. The SMILES string of the molecule is CCS(=O)(=O)N[C@@H]1c2cc(C#N)ccc2OC(C)(C)[C@H]1O. The van der Waals surface area contributed by atoms with Crippen LogP contribution in [-0.4, -0.2) is 31.0 Å². The second-order valence-corrected chi connectivity index (χ2v) is 7.56. The molecule has 1 aliphatic heterocycles. The second-order valence-electron chi connectivity index (χ2n) is 5.51. The zero-order valence-electron chi connectivity index (χ0n) is 12.1. The summed E-state index contributed by atoms with van der Waals surface area (Å²) in [6.07, 6.45) is -1.07. The van der Waals surface area contributed by atoms with Gasteiger partial charge in [-0.3, -0.25) is 0 Å². The molecule has 0 radical (unpaired) electrons. The van der Waals surface area contributed by atoms with Gasteiger partial charge in [0, 0.05) is 5.56 Å². The van der Waals surface area contributed by atoms with E-state index in [0.717, 1.165) is 0 Å². The minimum Gasteiger partial charge on any atom is -0.485 e. The van der Waals surface area contributed by atoms with Crippen LogP contribution in [0.15, 0.2) is 18.2 Å². The number of hydrogen-bond donors (Lipinski definition) is 2. The van der Waals surface area contributed by atoms with Crippen LogP contribution in [0.4, 0.5) is 0 Å². The van der Waals surface area contributed by atoms with Crippen molar-refractivity contribution in [3.05, 3.63) is 29.3 Å². The molecule has 0 bridgehead atoms. The monoisotopic (exact) mass is 310 g/mol. The molecule has 6 nitrogen and oxygen atoms in total. The van der Waals surface area contributed by atoms with Gasteiger partial charge in [-0.2, -0.15) is 5.26 Å². The molecule has 0 spiro atoms. The van der Waals surface area contributed by atoms with Crippen LogP contribution < -0.4 is 9.46 Å². The van der Waals surface area contributed by atoms with Gasteiger partial charge in [0.05, 0.1) is 23.4 Å². The average molecular weight is 310 g/mol. The third kappa shape index (κ3) is 3.02. The van der Waals surface area contributed by atoms with E-state index >= 15 is 0 Å². The van der Waals surface area contributed by atoms with Crippen molar-refractivity contribution in [2.45, 2.75) is 38.5 Å². The van der Waals surface area contributed by atoms with Crippen molar-refractivity contribution in [1.82, 2.24) is 4.72 Å². The molecule has 2 rings (SSSR count). The molecule has 1 aromatic carbocycles. The average Bonchev–Trinajstić information content (AvgIpc) is 2.43. The summed E-state index contributed by atoms with van der Waals surface area (Å²) >= 11 is 0. The van der Waals surface area contributed by atoms with Gasteiger partial charge in [0.1, 0.15) is 17.5 Å². The Morgan fingerprint density at radius 3 is 2.71 bits per heavy atom. The Morgan fingerprint density at radius 1 is 1.48 bits per heavy atom. The number of aliphatic hydroxyl groups is 1. The summed E-state index contributed by atoms with van der Waals surface area (Å²) in [5, 5.41) is 19.4. The number of sulfonamides is 1. The Kier molecular flexibility index (Phi) is 3.97. The summed E-state index contributed by atoms with van der Waals surface area (Å²) in [7, 11) is -3.51. The fourth-order valence-corrected chi connectivity index (χ4v) is 3.08. The molecule has 0 saturated heterocycles. The van der Waals surface area contributed by atoms with Crippen LogP contribution in [0, 0.1) is 11.3 Å². The van der Waals surface area contributed by atoms with Crippen LogP contribution >= 0.6 is 0 Å². The van der Waals surface area contributed by atoms with E-state index in [2.05, 4.69) is 4.72 Å². The van der Waals surface area contributed by atoms with Crippen LogP contribution in [0.3, 0.4) is 0 Å². The van der Waals surface area contributed by atoms with Gasteiger partial charge in [-0.1, -0.05) is 0 Å². The van der Waals surface area contributed by atoms with Gasteiger partial charge in [-0.05, 0) is 39.0 Å². The van der Waals surface area contributed by atoms with Crippen molar-refractivity contribution in [2.75, 3.05) is 5.75 Å². The van der Waals surface area contributed by atoms with E-state index in [1.807, 2.05) is 6.07 Å². The maximum Gasteiger partial charge on any atom is 0.211 e. The summed E-state index contributed by atoms with van der Waals surface area (Å²) in [5.41, 5.74) is -0.0925. The van der Waals surface area contributed by atoms with Crippen LogP contribution in [0.5, 0.6) is 5.75 Å².